The highest BCUT2D eigenvalue weighted by molar-refractivity contribution is 6.32. The Hall–Kier alpha value is -1.95. The normalized spacial score (nSPS) is 19.6. The lowest BCUT2D eigenvalue weighted by atomic mass is 10.0. The van der Waals surface area contributed by atoms with Crippen LogP contribution in [0.3, 0.4) is 0 Å². The molecule has 150 valence electrons. The highest BCUT2D eigenvalue weighted by Gasteiger charge is 2.35. The zero-order valence-corrected chi connectivity index (χ0v) is 17.4. The van der Waals surface area contributed by atoms with Gasteiger partial charge in [0.2, 0.25) is 5.90 Å². The summed E-state index contributed by atoms with van der Waals surface area (Å²) in [6.07, 6.45) is 2.01. The predicted molar refractivity (Wildman–Crippen MR) is 107 cm³/mol. The van der Waals surface area contributed by atoms with E-state index in [4.69, 9.17) is 21.1 Å². The summed E-state index contributed by atoms with van der Waals surface area (Å²) in [5.74, 6) is 0.526. The number of halogens is 1. The van der Waals surface area contributed by atoms with Gasteiger partial charge >= 0.3 is 6.09 Å². The van der Waals surface area contributed by atoms with E-state index in [1.807, 2.05) is 27.7 Å². The molecule has 1 heterocycles. The Bertz CT molecular complexity index is 700. The average molecular weight is 397 g/mol. The van der Waals surface area contributed by atoms with E-state index in [-0.39, 0.29) is 29.0 Å². The molecule has 7 heteroatoms. The minimum Gasteiger partial charge on any atom is -0.506 e. The number of phenolic OH excluding ortho intramolecular Hbond substituents is 1. The molecule has 1 unspecified atom stereocenters. The second-order valence-electron chi connectivity index (χ2n) is 7.72. The van der Waals surface area contributed by atoms with Crippen LogP contribution in [0.25, 0.3) is 0 Å². The number of hydrogen-bond donors (Lipinski definition) is 1. The molecular formula is C20H29ClN2O4. The van der Waals surface area contributed by atoms with Crippen molar-refractivity contribution in [2.45, 2.75) is 64.7 Å². The second-order valence-corrected chi connectivity index (χ2v) is 8.13. The van der Waals surface area contributed by atoms with E-state index in [1.165, 1.54) is 6.07 Å². The van der Waals surface area contributed by atoms with Crippen LogP contribution in [0.4, 0.5) is 4.79 Å². The van der Waals surface area contributed by atoms with Crippen LogP contribution in [0.1, 0.15) is 58.6 Å². The molecule has 0 aliphatic carbocycles. The minimum atomic E-state index is -0.556. The number of carbonyl (C=O) groups excluding carboxylic acids is 1. The first-order chi connectivity index (χ1) is 12.6. The number of aliphatic imine (C=N–C) groups is 1. The van der Waals surface area contributed by atoms with Crippen molar-refractivity contribution in [3.8, 4) is 5.75 Å². The fourth-order valence-electron chi connectivity index (χ4n) is 3.03. The second kappa shape index (κ2) is 8.83. The molecule has 0 spiro atoms. The molecule has 0 saturated carbocycles. The Kier molecular flexibility index (Phi) is 6.98. The molecule has 1 aliphatic heterocycles. The number of amides is 1. The van der Waals surface area contributed by atoms with Gasteiger partial charge in [0.25, 0.3) is 0 Å². The first-order valence-corrected chi connectivity index (χ1v) is 9.61. The first-order valence-electron chi connectivity index (χ1n) is 9.23. The summed E-state index contributed by atoms with van der Waals surface area (Å²) in [5.41, 5.74) is 0.262. The highest BCUT2D eigenvalue weighted by Crippen LogP contribution is 2.29. The van der Waals surface area contributed by atoms with Crippen LogP contribution in [-0.2, 0) is 9.47 Å². The van der Waals surface area contributed by atoms with Gasteiger partial charge in [-0.15, -0.1) is 0 Å². The Morgan fingerprint density at radius 2 is 2.07 bits per heavy atom. The van der Waals surface area contributed by atoms with Gasteiger partial charge < -0.3 is 14.6 Å². The number of phenols is 1. The number of rotatable bonds is 3. The summed E-state index contributed by atoms with van der Waals surface area (Å²) in [5, 5.41) is 9.86. The van der Waals surface area contributed by atoms with Crippen LogP contribution < -0.4 is 0 Å². The van der Waals surface area contributed by atoms with E-state index in [9.17, 15) is 9.90 Å². The third kappa shape index (κ3) is 5.76. The fraction of sp³-hybridized carbons (Fsp3) is 0.600. The average Bonchev–Trinajstić information content (AvgIpc) is 2.60. The largest absolute Gasteiger partial charge is 0.506 e. The Labute approximate surface area is 166 Å². The lowest BCUT2D eigenvalue weighted by Gasteiger charge is -2.37. The van der Waals surface area contributed by atoms with Crippen molar-refractivity contribution < 1.29 is 19.4 Å². The van der Waals surface area contributed by atoms with Crippen molar-refractivity contribution >= 4 is 23.6 Å². The molecular weight excluding hydrogens is 368 g/mol. The molecule has 1 fully saturated rings. The van der Waals surface area contributed by atoms with Crippen molar-refractivity contribution in [1.82, 2.24) is 4.90 Å². The van der Waals surface area contributed by atoms with Gasteiger partial charge in [0.15, 0.2) is 0 Å². The first kappa shape index (κ1) is 21.4. The Morgan fingerprint density at radius 1 is 1.37 bits per heavy atom. The van der Waals surface area contributed by atoms with Gasteiger partial charge in [0.05, 0.1) is 5.02 Å². The quantitative estimate of drug-likeness (QED) is 0.580. The molecule has 2 rings (SSSR count). The van der Waals surface area contributed by atoms with Gasteiger partial charge in [-0.2, -0.15) is 0 Å². The summed E-state index contributed by atoms with van der Waals surface area (Å²) in [6, 6.07) is 4.70. The van der Waals surface area contributed by atoms with E-state index in [0.717, 1.165) is 24.8 Å². The molecule has 6 nitrogen and oxygen atoms in total. The number of carbonyl (C=O) groups is 1. The van der Waals surface area contributed by atoms with Crippen LogP contribution in [0.2, 0.25) is 5.02 Å². The van der Waals surface area contributed by atoms with E-state index in [1.54, 1.807) is 24.1 Å². The summed E-state index contributed by atoms with van der Waals surface area (Å²) in [4.78, 5) is 18.6. The van der Waals surface area contributed by atoms with Crippen LogP contribution in [0.15, 0.2) is 23.2 Å². The number of benzene rings is 1. The monoisotopic (exact) mass is 396 g/mol. The zero-order valence-electron chi connectivity index (χ0n) is 16.7. The number of ether oxygens (including phenoxy) is 2. The zero-order chi connectivity index (χ0) is 20.2. The van der Waals surface area contributed by atoms with Crippen molar-refractivity contribution in [2.24, 2.45) is 4.99 Å². The van der Waals surface area contributed by atoms with Crippen molar-refractivity contribution in [3.05, 3.63) is 28.8 Å². The maximum atomic E-state index is 12.6. The number of likely N-dealkylation sites (tertiary alicyclic amines) is 1. The maximum Gasteiger partial charge on any atom is 0.410 e. The minimum absolute atomic E-state index is 0.0281. The van der Waals surface area contributed by atoms with Crippen LogP contribution in [0, 0.1) is 0 Å². The Morgan fingerprint density at radius 3 is 2.67 bits per heavy atom. The standard InChI is InChI=1S/C20H29ClN2O4/c1-13(14-9-10-17(24)15(21)12-14)26-18(22-5)16-8-6-7-11-23(16)19(25)27-20(2,3)4/h9-10,12-13,16,24H,6-8,11H2,1-5H3/t13?,16-/m1/s1. The molecule has 27 heavy (non-hydrogen) atoms. The van der Waals surface area contributed by atoms with Gasteiger partial charge in [-0.3, -0.25) is 9.89 Å². The topological polar surface area (TPSA) is 71.4 Å². The number of hydrogen-bond acceptors (Lipinski definition) is 5. The summed E-state index contributed by atoms with van der Waals surface area (Å²) in [7, 11) is 1.66. The third-order valence-electron chi connectivity index (χ3n) is 4.37. The molecule has 2 atom stereocenters. The molecule has 0 aromatic heterocycles. The van der Waals surface area contributed by atoms with E-state index >= 15 is 0 Å². The van der Waals surface area contributed by atoms with E-state index < -0.39 is 5.60 Å². The van der Waals surface area contributed by atoms with Gasteiger partial charge in [0, 0.05) is 13.6 Å². The van der Waals surface area contributed by atoms with Crippen LogP contribution in [0.5, 0.6) is 5.75 Å². The third-order valence-corrected chi connectivity index (χ3v) is 4.68. The van der Waals surface area contributed by atoms with Crippen molar-refractivity contribution in [3.63, 3.8) is 0 Å². The lowest BCUT2D eigenvalue weighted by Crippen LogP contribution is -2.50. The van der Waals surface area contributed by atoms with Gasteiger partial charge in [0.1, 0.15) is 23.5 Å². The number of piperidine rings is 1. The van der Waals surface area contributed by atoms with Gasteiger partial charge in [-0.1, -0.05) is 17.7 Å². The predicted octanol–water partition coefficient (Wildman–Crippen LogP) is 4.94. The summed E-state index contributed by atoms with van der Waals surface area (Å²) >= 11 is 6.00. The van der Waals surface area contributed by atoms with Crippen molar-refractivity contribution in [2.75, 3.05) is 13.6 Å². The molecule has 1 aromatic carbocycles. The summed E-state index contributed by atoms with van der Waals surface area (Å²) < 4.78 is 11.6. The Balaban J connectivity index is 2.15. The van der Waals surface area contributed by atoms with E-state index in [0.29, 0.717) is 12.4 Å². The van der Waals surface area contributed by atoms with Gasteiger partial charge in [-0.25, -0.2) is 4.79 Å². The molecule has 0 radical (unpaired) electrons. The molecule has 1 N–H and O–H groups in total. The maximum absolute atomic E-state index is 12.6. The van der Waals surface area contributed by atoms with Crippen molar-refractivity contribution in [1.29, 1.82) is 0 Å². The van der Waals surface area contributed by atoms with Gasteiger partial charge in [-0.05, 0) is 64.7 Å². The molecule has 1 aromatic rings. The fourth-order valence-corrected chi connectivity index (χ4v) is 3.22. The SMILES string of the molecule is CN=C(OC(C)c1ccc(O)c(Cl)c1)[C@H]1CCCCN1C(=O)OC(C)(C)C. The smallest absolute Gasteiger partial charge is 0.410 e. The lowest BCUT2D eigenvalue weighted by molar-refractivity contribution is 0.0134. The molecule has 1 amide bonds. The molecule has 1 aliphatic rings. The number of aromatic hydroxyl groups is 1. The van der Waals surface area contributed by atoms with Crippen LogP contribution in [-0.4, -0.2) is 47.2 Å². The van der Waals surface area contributed by atoms with E-state index in [2.05, 4.69) is 4.99 Å². The molecule has 1 saturated heterocycles. The number of nitrogens with zero attached hydrogens (tertiary/aromatic N) is 2. The molecule has 0 bridgehead atoms. The summed E-state index contributed by atoms with van der Waals surface area (Å²) in [6.45, 7) is 8.05. The van der Waals surface area contributed by atoms with Crippen LogP contribution >= 0.6 is 11.6 Å². The highest BCUT2D eigenvalue weighted by atomic mass is 35.5.